The molecule has 1 aromatic rings. The fourth-order valence-corrected chi connectivity index (χ4v) is 2.45. The summed E-state index contributed by atoms with van der Waals surface area (Å²) in [5.41, 5.74) is -0.0659. The van der Waals surface area contributed by atoms with Gasteiger partial charge in [0.05, 0.1) is 5.54 Å². The molecule has 0 saturated carbocycles. The summed E-state index contributed by atoms with van der Waals surface area (Å²) in [5, 5.41) is 7.53. The monoisotopic (exact) mass is 360 g/mol. The number of nitrogens with one attached hydrogen (secondary N) is 2. The Morgan fingerprint density at radius 3 is 2.39 bits per heavy atom. The molecule has 23 heavy (non-hydrogen) atoms. The minimum atomic E-state index is -0.519. The van der Waals surface area contributed by atoms with Crippen molar-refractivity contribution in [3.63, 3.8) is 0 Å². The number of alkyl carbamates (subject to hydrolysis) is 1. The largest absolute Gasteiger partial charge is 0.444 e. The summed E-state index contributed by atoms with van der Waals surface area (Å²) in [4.78, 5) is 11.9. The number of carbonyl (C=O) groups excluding carboxylic acids is 1. The topological polar surface area (TPSA) is 50.4 Å². The van der Waals surface area contributed by atoms with Crippen LogP contribution in [0.1, 0.15) is 53.1 Å². The van der Waals surface area contributed by atoms with E-state index in [0.717, 1.165) is 5.56 Å². The molecule has 1 aromatic carbocycles. The van der Waals surface area contributed by atoms with E-state index in [9.17, 15) is 4.79 Å². The van der Waals surface area contributed by atoms with Crippen molar-refractivity contribution in [3.05, 3.63) is 33.8 Å². The molecule has 0 radical (unpaired) electrons. The summed E-state index contributed by atoms with van der Waals surface area (Å²) in [7, 11) is 0. The number of ether oxygens (including phenoxy) is 1. The SMILES string of the molecule is CC(NCC(C)(C)NC(=O)OC(C)(C)C)c1cc(Cl)ccc1Cl. The highest BCUT2D eigenvalue weighted by Crippen LogP contribution is 2.26. The van der Waals surface area contributed by atoms with Gasteiger partial charge in [0.1, 0.15) is 5.60 Å². The van der Waals surface area contributed by atoms with Gasteiger partial charge in [0, 0.05) is 22.6 Å². The van der Waals surface area contributed by atoms with Crippen LogP contribution in [0.25, 0.3) is 0 Å². The first-order chi connectivity index (χ1) is 10.4. The average molecular weight is 361 g/mol. The Balaban J connectivity index is 2.61. The van der Waals surface area contributed by atoms with Crippen LogP contribution in [0, 0.1) is 0 Å². The highest BCUT2D eigenvalue weighted by Gasteiger charge is 2.25. The second-order valence-corrected chi connectivity index (χ2v) is 8.12. The number of halogens is 2. The molecule has 0 spiro atoms. The van der Waals surface area contributed by atoms with E-state index in [2.05, 4.69) is 10.6 Å². The third-order valence-electron chi connectivity index (χ3n) is 3.11. The van der Waals surface area contributed by atoms with Crippen LogP contribution in [0.5, 0.6) is 0 Å². The summed E-state index contributed by atoms with van der Waals surface area (Å²) in [6, 6.07) is 5.38. The molecule has 0 aliphatic heterocycles. The van der Waals surface area contributed by atoms with Crippen LogP contribution in [0.15, 0.2) is 18.2 Å². The first-order valence-corrected chi connectivity index (χ1v) is 8.35. The van der Waals surface area contributed by atoms with Crippen molar-refractivity contribution < 1.29 is 9.53 Å². The molecule has 0 aromatic heterocycles. The fraction of sp³-hybridized carbons (Fsp3) is 0.588. The van der Waals surface area contributed by atoms with Crippen molar-refractivity contribution in [2.24, 2.45) is 0 Å². The van der Waals surface area contributed by atoms with Gasteiger partial charge in [0.25, 0.3) is 0 Å². The van der Waals surface area contributed by atoms with Gasteiger partial charge in [0.15, 0.2) is 0 Å². The number of benzene rings is 1. The summed E-state index contributed by atoms with van der Waals surface area (Å²) < 4.78 is 5.28. The normalized spacial score (nSPS) is 13.6. The smallest absolute Gasteiger partial charge is 0.408 e. The van der Waals surface area contributed by atoms with Crippen LogP contribution >= 0.6 is 23.2 Å². The van der Waals surface area contributed by atoms with Crippen LogP contribution in [0.4, 0.5) is 4.79 Å². The Morgan fingerprint density at radius 1 is 1.22 bits per heavy atom. The molecule has 2 N–H and O–H groups in total. The molecule has 6 heteroatoms. The zero-order valence-corrected chi connectivity index (χ0v) is 16.1. The van der Waals surface area contributed by atoms with E-state index in [4.69, 9.17) is 27.9 Å². The second-order valence-electron chi connectivity index (χ2n) is 7.28. The van der Waals surface area contributed by atoms with Crippen molar-refractivity contribution in [1.29, 1.82) is 0 Å². The van der Waals surface area contributed by atoms with E-state index >= 15 is 0 Å². The maximum absolute atomic E-state index is 11.9. The van der Waals surface area contributed by atoms with E-state index < -0.39 is 17.2 Å². The van der Waals surface area contributed by atoms with Gasteiger partial charge in [-0.2, -0.15) is 0 Å². The standard InChI is InChI=1S/C17H26Cl2N2O2/c1-11(13-9-12(18)7-8-14(13)19)20-10-17(5,6)21-15(22)23-16(2,3)4/h7-9,11,20H,10H2,1-6H3,(H,21,22). The number of rotatable bonds is 5. The molecule has 0 fully saturated rings. The Bertz CT molecular complexity index is 554. The Kier molecular flexibility index (Phi) is 6.75. The first-order valence-electron chi connectivity index (χ1n) is 7.59. The molecule has 1 atom stereocenters. The molecule has 4 nitrogen and oxygen atoms in total. The molecule has 130 valence electrons. The van der Waals surface area contributed by atoms with Gasteiger partial charge < -0.3 is 15.4 Å². The van der Waals surface area contributed by atoms with Gasteiger partial charge in [-0.05, 0) is 65.3 Å². The lowest BCUT2D eigenvalue weighted by molar-refractivity contribution is 0.0471. The maximum Gasteiger partial charge on any atom is 0.408 e. The molecule has 1 amide bonds. The molecule has 0 heterocycles. The van der Waals surface area contributed by atoms with Crippen LogP contribution in [-0.2, 0) is 4.74 Å². The van der Waals surface area contributed by atoms with E-state index in [1.54, 1.807) is 12.1 Å². The summed E-state index contributed by atoms with van der Waals surface area (Å²) in [6.45, 7) is 11.9. The zero-order chi connectivity index (χ0) is 17.8. The van der Waals surface area contributed by atoms with Gasteiger partial charge in [-0.3, -0.25) is 0 Å². The maximum atomic E-state index is 11.9. The van der Waals surface area contributed by atoms with Crippen molar-refractivity contribution >= 4 is 29.3 Å². The summed E-state index contributed by atoms with van der Waals surface area (Å²) >= 11 is 12.2. The Labute approximate surface area is 148 Å². The summed E-state index contributed by atoms with van der Waals surface area (Å²) in [5.74, 6) is 0. The third kappa shape index (κ3) is 7.42. The molecule has 0 aliphatic rings. The van der Waals surface area contributed by atoms with Crippen LogP contribution in [-0.4, -0.2) is 23.8 Å². The lowest BCUT2D eigenvalue weighted by Gasteiger charge is -2.30. The lowest BCUT2D eigenvalue weighted by Crippen LogP contribution is -2.51. The Hall–Kier alpha value is -0.970. The third-order valence-corrected chi connectivity index (χ3v) is 3.69. The van der Waals surface area contributed by atoms with Gasteiger partial charge in [-0.15, -0.1) is 0 Å². The van der Waals surface area contributed by atoms with Gasteiger partial charge in [-0.25, -0.2) is 4.79 Å². The fourth-order valence-electron chi connectivity index (χ4n) is 1.99. The Morgan fingerprint density at radius 2 is 1.83 bits per heavy atom. The molecule has 1 unspecified atom stereocenters. The molecule has 0 saturated heterocycles. The minimum Gasteiger partial charge on any atom is -0.444 e. The molecular weight excluding hydrogens is 335 g/mol. The predicted octanol–water partition coefficient (Wildman–Crippen LogP) is 4.95. The number of carbonyl (C=O) groups is 1. The van der Waals surface area contributed by atoms with Crippen LogP contribution < -0.4 is 10.6 Å². The minimum absolute atomic E-state index is 0.000844. The molecule has 1 rings (SSSR count). The molecule has 0 aliphatic carbocycles. The number of amides is 1. The number of hydrogen-bond acceptors (Lipinski definition) is 3. The highest BCUT2D eigenvalue weighted by atomic mass is 35.5. The lowest BCUT2D eigenvalue weighted by atomic mass is 10.0. The van der Waals surface area contributed by atoms with E-state index in [1.807, 2.05) is 47.6 Å². The highest BCUT2D eigenvalue weighted by molar-refractivity contribution is 6.33. The number of hydrogen-bond donors (Lipinski definition) is 2. The average Bonchev–Trinajstić information content (AvgIpc) is 2.36. The van der Waals surface area contributed by atoms with Gasteiger partial charge >= 0.3 is 6.09 Å². The van der Waals surface area contributed by atoms with Crippen molar-refractivity contribution in [3.8, 4) is 0 Å². The molecular formula is C17H26Cl2N2O2. The quantitative estimate of drug-likeness (QED) is 0.780. The first kappa shape index (κ1) is 20.1. The van der Waals surface area contributed by atoms with Crippen molar-refractivity contribution in [2.45, 2.75) is 58.7 Å². The van der Waals surface area contributed by atoms with E-state index in [-0.39, 0.29) is 6.04 Å². The molecule has 0 bridgehead atoms. The summed E-state index contributed by atoms with van der Waals surface area (Å²) in [6.07, 6.45) is -0.433. The van der Waals surface area contributed by atoms with Gasteiger partial charge in [0.2, 0.25) is 0 Å². The zero-order valence-electron chi connectivity index (χ0n) is 14.6. The van der Waals surface area contributed by atoms with E-state index in [0.29, 0.717) is 16.6 Å². The van der Waals surface area contributed by atoms with Crippen LogP contribution in [0.2, 0.25) is 10.0 Å². The van der Waals surface area contributed by atoms with Crippen molar-refractivity contribution in [2.75, 3.05) is 6.54 Å². The van der Waals surface area contributed by atoms with E-state index in [1.165, 1.54) is 0 Å². The predicted molar refractivity (Wildman–Crippen MR) is 96.3 cm³/mol. The van der Waals surface area contributed by atoms with Crippen LogP contribution in [0.3, 0.4) is 0 Å². The van der Waals surface area contributed by atoms with Crippen molar-refractivity contribution in [1.82, 2.24) is 10.6 Å². The second kappa shape index (κ2) is 7.73. The van der Waals surface area contributed by atoms with Gasteiger partial charge in [-0.1, -0.05) is 23.2 Å².